The van der Waals surface area contributed by atoms with Crippen LogP contribution in [0, 0.1) is 0 Å². The van der Waals surface area contributed by atoms with Crippen molar-refractivity contribution in [2.45, 2.75) is 5.25 Å². The molecule has 0 fully saturated rings. The molecule has 0 aliphatic carbocycles. The summed E-state index contributed by atoms with van der Waals surface area (Å²) in [6.07, 6.45) is 3.73. The van der Waals surface area contributed by atoms with Crippen LogP contribution in [0.1, 0.15) is 0 Å². The molecule has 0 amide bonds. The lowest BCUT2D eigenvalue weighted by atomic mass is 10.2. The molecule has 19 heavy (non-hydrogen) atoms. The molecule has 0 aromatic heterocycles. The van der Waals surface area contributed by atoms with Crippen molar-refractivity contribution in [3.05, 3.63) is 30.5 Å². The molecule has 1 unspecified atom stereocenters. The fraction of sp³-hybridized carbons (Fsp3) is 0.250. The van der Waals surface area contributed by atoms with Crippen molar-refractivity contribution in [2.75, 3.05) is 18.5 Å². The van der Waals surface area contributed by atoms with E-state index in [1.165, 1.54) is 11.9 Å². The maximum Gasteiger partial charge on any atom is 0.162 e. The summed E-state index contributed by atoms with van der Waals surface area (Å²) in [6.45, 7) is 0. The predicted octanol–water partition coefficient (Wildman–Crippen LogP) is 1.80. The number of nitrogens with zero attached hydrogens (tertiary/aromatic N) is 2. The van der Waals surface area contributed by atoms with Crippen molar-refractivity contribution in [1.82, 2.24) is 0 Å². The molecule has 0 spiro atoms. The SMILES string of the molecule is COc1ccc(N2C=CC(C(N)=NO)S2)cc1OC. The number of methoxy groups -OCH3 is 2. The lowest BCUT2D eigenvalue weighted by Gasteiger charge is -2.18. The van der Waals surface area contributed by atoms with Gasteiger partial charge in [0, 0.05) is 12.3 Å². The minimum Gasteiger partial charge on any atom is -0.493 e. The van der Waals surface area contributed by atoms with Gasteiger partial charge in [0.05, 0.1) is 19.9 Å². The summed E-state index contributed by atoms with van der Waals surface area (Å²) in [5.41, 5.74) is 6.50. The summed E-state index contributed by atoms with van der Waals surface area (Å²) in [5, 5.41) is 11.5. The zero-order valence-electron chi connectivity index (χ0n) is 10.6. The Labute approximate surface area is 115 Å². The number of hydrogen-bond donors (Lipinski definition) is 2. The number of benzene rings is 1. The van der Waals surface area contributed by atoms with Gasteiger partial charge in [0.25, 0.3) is 0 Å². The molecule has 1 aliphatic heterocycles. The zero-order chi connectivity index (χ0) is 13.8. The summed E-state index contributed by atoms with van der Waals surface area (Å²) in [4.78, 5) is 0. The van der Waals surface area contributed by atoms with Gasteiger partial charge in [-0.1, -0.05) is 5.16 Å². The maximum atomic E-state index is 8.66. The number of ether oxygens (including phenoxy) is 2. The average Bonchev–Trinajstić information content (AvgIpc) is 2.95. The number of oxime groups is 1. The molecular formula is C12H15N3O3S. The Hall–Kier alpha value is -2.02. The highest BCUT2D eigenvalue weighted by Crippen LogP contribution is 2.37. The first-order valence-corrected chi connectivity index (χ1v) is 6.37. The molecule has 0 radical (unpaired) electrons. The third-order valence-electron chi connectivity index (χ3n) is 2.65. The molecule has 0 bridgehead atoms. The van der Waals surface area contributed by atoms with E-state index in [1.54, 1.807) is 14.2 Å². The molecule has 2 rings (SSSR count). The van der Waals surface area contributed by atoms with Crippen LogP contribution in [0.2, 0.25) is 0 Å². The quantitative estimate of drug-likeness (QED) is 0.288. The van der Waals surface area contributed by atoms with E-state index < -0.39 is 0 Å². The molecule has 7 heteroatoms. The molecule has 1 aromatic carbocycles. The first-order valence-electron chi connectivity index (χ1n) is 5.53. The second-order valence-corrected chi connectivity index (χ2v) is 4.87. The van der Waals surface area contributed by atoms with Gasteiger partial charge in [-0.25, -0.2) is 0 Å². The number of amidine groups is 1. The van der Waals surface area contributed by atoms with E-state index in [9.17, 15) is 0 Å². The Bertz CT molecular complexity index is 519. The second-order valence-electron chi connectivity index (χ2n) is 3.76. The summed E-state index contributed by atoms with van der Waals surface area (Å²) in [6, 6.07) is 5.61. The van der Waals surface area contributed by atoms with Crippen LogP contribution in [0.4, 0.5) is 5.69 Å². The zero-order valence-corrected chi connectivity index (χ0v) is 11.4. The van der Waals surface area contributed by atoms with Crippen LogP contribution in [-0.4, -0.2) is 30.5 Å². The van der Waals surface area contributed by atoms with Crippen molar-refractivity contribution in [3.8, 4) is 11.5 Å². The lowest BCUT2D eigenvalue weighted by molar-refractivity contribution is 0.317. The highest BCUT2D eigenvalue weighted by molar-refractivity contribution is 8.02. The first kappa shape index (κ1) is 13.4. The number of anilines is 1. The van der Waals surface area contributed by atoms with E-state index in [1.807, 2.05) is 34.8 Å². The average molecular weight is 281 g/mol. The normalized spacial score (nSPS) is 18.7. The van der Waals surface area contributed by atoms with Crippen LogP contribution >= 0.6 is 11.9 Å². The molecule has 1 heterocycles. The van der Waals surface area contributed by atoms with E-state index in [0.29, 0.717) is 11.5 Å². The van der Waals surface area contributed by atoms with Crippen LogP contribution < -0.4 is 19.5 Å². The topological polar surface area (TPSA) is 80.3 Å². The van der Waals surface area contributed by atoms with Crippen LogP contribution in [0.25, 0.3) is 0 Å². The smallest absolute Gasteiger partial charge is 0.162 e. The van der Waals surface area contributed by atoms with Crippen LogP contribution in [-0.2, 0) is 0 Å². The van der Waals surface area contributed by atoms with Gasteiger partial charge < -0.3 is 20.4 Å². The Morgan fingerprint density at radius 3 is 2.74 bits per heavy atom. The maximum absolute atomic E-state index is 8.66. The monoisotopic (exact) mass is 281 g/mol. The third-order valence-corrected chi connectivity index (χ3v) is 3.84. The molecule has 1 aromatic rings. The molecule has 1 aliphatic rings. The van der Waals surface area contributed by atoms with E-state index in [-0.39, 0.29) is 11.1 Å². The fourth-order valence-corrected chi connectivity index (χ4v) is 2.58. The van der Waals surface area contributed by atoms with Crippen LogP contribution in [0.15, 0.2) is 35.6 Å². The van der Waals surface area contributed by atoms with Gasteiger partial charge >= 0.3 is 0 Å². The number of hydrogen-bond acceptors (Lipinski definition) is 6. The van der Waals surface area contributed by atoms with Crippen molar-refractivity contribution in [3.63, 3.8) is 0 Å². The summed E-state index contributed by atoms with van der Waals surface area (Å²) >= 11 is 1.44. The molecule has 3 N–H and O–H groups in total. The highest BCUT2D eigenvalue weighted by Gasteiger charge is 2.22. The van der Waals surface area contributed by atoms with E-state index in [2.05, 4.69) is 5.16 Å². The minimum atomic E-state index is -0.168. The van der Waals surface area contributed by atoms with Gasteiger partial charge in [-0.05, 0) is 30.2 Å². The summed E-state index contributed by atoms with van der Waals surface area (Å²) < 4.78 is 12.4. The third kappa shape index (κ3) is 2.70. The Balaban J connectivity index is 2.19. The van der Waals surface area contributed by atoms with Gasteiger partial charge in [-0.2, -0.15) is 0 Å². The van der Waals surface area contributed by atoms with E-state index in [0.717, 1.165) is 5.69 Å². The molecule has 1 atom stereocenters. The van der Waals surface area contributed by atoms with Gasteiger partial charge in [0.15, 0.2) is 17.3 Å². The fourth-order valence-electron chi connectivity index (χ4n) is 1.67. The molecule has 0 saturated carbocycles. The first-order chi connectivity index (χ1) is 9.19. The van der Waals surface area contributed by atoms with Gasteiger partial charge in [0.2, 0.25) is 0 Å². The molecular weight excluding hydrogens is 266 g/mol. The largest absolute Gasteiger partial charge is 0.493 e. The summed E-state index contributed by atoms with van der Waals surface area (Å²) in [7, 11) is 3.18. The van der Waals surface area contributed by atoms with Crippen LogP contribution in [0.3, 0.4) is 0 Å². The lowest BCUT2D eigenvalue weighted by Crippen LogP contribution is -2.24. The Morgan fingerprint density at radius 1 is 1.37 bits per heavy atom. The van der Waals surface area contributed by atoms with Gasteiger partial charge in [0.1, 0.15) is 5.25 Å². The minimum absolute atomic E-state index is 0.168. The Morgan fingerprint density at radius 2 is 2.11 bits per heavy atom. The number of rotatable bonds is 4. The molecule has 0 saturated heterocycles. The van der Waals surface area contributed by atoms with Gasteiger partial charge in [-0.15, -0.1) is 0 Å². The van der Waals surface area contributed by atoms with Crippen molar-refractivity contribution in [1.29, 1.82) is 0 Å². The second kappa shape index (κ2) is 5.75. The molecule has 102 valence electrons. The standard InChI is InChI=1S/C12H15N3O3S/c1-17-9-4-3-8(7-10(9)18-2)15-6-5-11(19-15)12(13)14-16/h3-7,11,16H,1-2H3,(H2,13,14). The van der Waals surface area contributed by atoms with E-state index >= 15 is 0 Å². The van der Waals surface area contributed by atoms with Crippen molar-refractivity contribution in [2.24, 2.45) is 10.9 Å². The molecule has 6 nitrogen and oxygen atoms in total. The summed E-state index contributed by atoms with van der Waals surface area (Å²) in [5.74, 6) is 1.50. The predicted molar refractivity (Wildman–Crippen MR) is 76.0 cm³/mol. The van der Waals surface area contributed by atoms with Gasteiger partial charge in [-0.3, -0.25) is 4.31 Å². The van der Waals surface area contributed by atoms with Crippen molar-refractivity contribution >= 4 is 23.5 Å². The highest BCUT2D eigenvalue weighted by atomic mass is 32.2. The number of nitrogens with two attached hydrogens (primary N) is 1. The van der Waals surface area contributed by atoms with Crippen molar-refractivity contribution < 1.29 is 14.7 Å². The Kier molecular flexibility index (Phi) is 4.06. The van der Waals surface area contributed by atoms with E-state index in [4.69, 9.17) is 20.4 Å². The van der Waals surface area contributed by atoms with Crippen LogP contribution in [0.5, 0.6) is 11.5 Å².